The lowest BCUT2D eigenvalue weighted by molar-refractivity contribution is 0.628. The molecular formula is C52H36FN3. The van der Waals surface area contributed by atoms with E-state index in [0.29, 0.717) is 0 Å². The number of hydrogen-bond acceptors (Lipinski definition) is 3. The minimum absolute atomic E-state index is 0.181. The molecule has 0 amide bonds. The van der Waals surface area contributed by atoms with E-state index in [9.17, 15) is 0 Å². The number of para-hydroxylation sites is 2. The number of anilines is 6. The van der Waals surface area contributed by atoms with Crippen molar-refractivity contribution in [3.05, 3.63) is 199 Å². The zero-order valence-electron chi connectivity index (χ0n) is 31.0. The Hall–Kier alpha value is -7.04. The van der Waals surface area contributed by atoms with Crippen molar-refractivity contribution in [3.8, 4) is 11.1 Å². The molecule has 266 valence electrons. The molecule has 0 radical (unpaired) electrons. The van der Waals surface area contributed by atoms with Crippen LogP contribution >= 0.6 is 0 Å². The number of fused-ring (bicyclic) bond motifs is 4. The molecule has 1 heterocycles. The van der Waals surface area contributed by atoms with Crippen LogP contribution in [0.15, 0.2) is 182 Å². The Morgan fingerprint density at radius 2 is 1.07 bits per heavy atom. The zero-order valence-corrected chi connectivity index (χ0v) is 31.0. The molecule has 1 aliphatic carbocycles. The summed E-state index contributed by atoms with van der Waals surface area (Å²) in [4.78, 5) is 9.73. The molecule has 56 heavy (non-hydrogen) atoms. The second-order valence-corrected chi connectivity index (χ2v) is 15.3. The molecule has 11 rings (SSSR count). The minimum Gasteiger partial charge on any atom is -0.309 e. The SMILES string of the molecule is CC1(C)c2ccccc2-c2c(N(c3cccc(F)c3)c3ccc4ccc5c(N(c6ccccc6)c6ccc7ccccc7n6)ccc6ccc3c4c65)cccc21. The lowest BCUT2D eigenvalue weighted by atomic mass is 9.82. The number of benzene rings is 9. The summed E-state index contributed by atoms with van der Waals surface area (Å²) in [6.07, 6.45) is 0. The van der Waals surface area contributed by atoms with Crippen molar-refractivity contribution < 1.29 is 4.39 Å². The lowest BCUT2D eigenvalue weighted by Crippen LogP contribution is -2.16. The fourth-order valence-corrected chi connectivity index (χ4v) is 9.26. The highest BCUT2D eigenvalue weighted by Crippen LogP contribution is 2.55. The van der Waals surface area contributed by atoms with E-state index >= 15 is 4.39 Å². The monoisotopic (exact) mass is 721 g/mol. The fraction of sp³-hybridized carbons (Fsp3) is 0.0577. The highest BCUT2D eigenvalue weighted by molar-refractivity contribution is 6.28. The lowest BCUT2D eigenvalue weighted by Gasteiger charge is -2.30. The number of rotatable bonds is 6. The van der Waals surface area contributed by atoms with Crippen LogP contribution in [0.25, 0.3) is 54.3 Å². The van der Waals surface area contributed by atoms with Gasteiger partial charge in [-0.3, -0.25) is 4.90 Å². The fourth-order valence-electron chi connectivity index (χ4n) is 9.26. The van der Waals surface area contributed by atoms with Gasteiger partial charge >= 0.3 is 0 Å². The highest BCUT2D eigenvalue weighted by Gasteiger charge is 2.38. The van der Waals surface area contributed by atoms with E-state index < -0.39 is 0 Å². The average molecular weight is 722 g/mol. The molecule has 0 bridgehead atoms. The smallest absolute Gasteiger partial charge is 0.138 e. The molecule has 10 aromatic rings. The van der Waals surface area contributed by atoms with Crippen molar-refractivity contribution >= 4 is 77.5 Å². The van der Waals surface area contributed by atoms with Crippen molar-refractivity contribution in [2.45, 2.75) is 19.3 Å². The van der Waals surface area contributed by atoms with Crippen molar-refractivity contribution in [1.82, 2.24) is 4.98 Å². The minimum atomic E-state index is -0.272. The van der Waals surface area contributed by atoms with E-state index in [-0.39, 0.29) is 11.2 Å². The molecule has 0 saturated heterocycles. The van der Waals surface area contributed by atoms with Gasteiger partial charge in [0.05, 0.1) is 22.6 Å². The van der Waals surface area contributed by atoms with E-state index in [4.69, 9.17) is 4.98 Å². The maximum atomic E-state index is 15.3. The summed E-state index contributed by atoms with van der Waals surface area (Å²) < 4.78 is 15.3. The van der Waals surface area contributed by atoms with Gasteiger partial charge in [-0.15, -0.1) is 0 Å². The maximum absolute atomic E-state index is 15.3. The van der Waals surface area contributed by atoms with Crippen molar-refractivity contribution in [3.63, 3.8) is 0 Å². The normalized spacial score (nSPS) is 13.1. The molecule has 1 aromatic heterocycles. The van der Waals surface area contributed by atoms with Crippen LogP contribution in [0.2, 0.25) is 0 Å². The van der Waals surface area contributed by atoms with Gasteiger partial charge in [0.15, 0.2) is 0 Å². The Balaban J connectivity index is 1.18. The Morgan fingerprint density at radius 3 is 1.84 bits per heavy atom. The first-order chi connectivity index (χ1) is 27.5. The van der Waals surface area contributed by atoms with Gasteiger partial charge in [-0.1, -0.05) is 129 Å². The van der Waals surface area contributed by atoms with Gasteiger partial charge in [0.1, 0.15) is 11.6 Å². The first-order valence-electron chi connectivity index (χ1n) is 19.2. The second kappa shape index (κ2) is 12.2. The summed E-state index contributed by atoms with van der Waals surface area (Å²) in [5.41, 5.74) is 10.6. The van der Waals surface area contributed by atoms with Gasteiger partial charge in [0.2, 0.25) is 0 Å². The van der Waals surface area contributed by atoms with Crippen LogP contribution in [0, 0.1) is 5.82 Å². The predicted octanol–water partition coefficient (Wildman–Crippen LogP) is 14.5. The van der Waals surface area contributed by atoms with E-state index in [1.807, 2.05) is 24.3 Å². The molecule has 3 nitrogen and oxygen atoms in total. The van der Waals surface area contributed by atoms with E-state index in [2.05, 4.69) is 163 Å². The predicted molar refractivity (Wildman–Crippen MR) is 232 cm³/mol. The summed E-state index contributed by atoms with van der Waals surface area (Å²) in [5, 5.41) is 8.00. The molecule has 0 fully saturated rings. The maximum Gasteiger partial charge on any atom is 0.138 e. The van der Waals surface area contributed by atoms with Gasteiger partial charge in [-0.05, 0) is 105 Å². The first-order valence-corrected chi connectivity index (χ1v) is 19.2. The van der Waals surface area contributed by atoms with Crippen molar-refractivity contribution in [1.29, 1.82) is 0 Å². The van der Waals surface area contributed by atoms with E-state index in [1.165, 1.54) is 39.1 Å². The van der Waals surface area contributed by atoms with Gasteiger partial charge < -0.3 is 4.90 Å². The Labute approximate surface area is 324 Å². The van der Waals surface area contributed by atoms with Crippen molar-refractivity contribution in [2.75, 3.05) is 9.80 Å². The third-order valence-corrected chi connectivity index (χ3v) is 11.8. The number of nitrogens with zero attached hydrogens (tertiary/aromatic N) is 3. The van der Waals surface area contributed by atoms with Crippen LogP contribution in [0.4, 0.5) is 38.6 Å². The topological polar surface area (TPSA) is 19.4 Å². The summed E-state index contributed by atoms with van der Waals surface area (Å²) >= 11 is 0. The quantitative estimate of drug-likeness (QED) is 0.159. The number of pyridine rings is 1. The molecule has 4 heteroatoms. The number of aromatic nitrogens is 1. The standard InChI is InChI=1S/C52H36FN3/c1-52(2)42-18-8-7-17-39(42)51-43(52)19-11-21-47(51)55(38-16-10-13-36(53)32-38)45-29-24-34-23-28-41-46(30-25-35-22-27-40(45)49(34)50(35)41)56(37-14-4-3-5-15-37)48-31-26-33-12-6-9-20-44(33)54-48/h3-32H,1-2H3. The van der Waals surface area contributed by atoms with Crippen LogP contribution in [0.5, 0.6) is 0 Å². The Kier molecular flexibility index (Phi) is 7.08. The molecule has 0 spiro atoms. The number of hydrogen-bond donors (Lipinski definition) is 0. The van der Waals surface area contributed by atoms with Gasteiger partial charge in [-0.25, -0.2) is 9.37 Å². The zero-order chi connectivity index (χ0) is 37.5. The average Bonchev–Trinajstić information content (AvgIpc) is 3.47. The second-order valence-electron chi connectivity index (χ2n) is 15.3. The van der Waals surface area contributed by atoms with Gasteiger partial charge in [0, 0.05) is 38.5 Å². The summed E-state index contributed by atoms with van der Waals surface area (Å²) in [6.45, 7) is 4.60. The Bertz CT molecular complexity index is 3150. The van der Waals surface area contributed by atoms with Crippen LogP contribution in [-0.4, -0.2) is 4.98 Å². The van der Waals surface area contributed by atoms with Crippen LogP contribution in [0.1, 0.15) is 25.0 Å². The Morgan fingerprint density at radius 1 is 0.464 bits per heavy atom. The van der Waals surface area contributed by atoms with Crippen LogP contribution in [0.3, 0.4) is 0 Å². The van der Waals surface area contributed by atoms with Crippen LogP contribution < -0.4 is 9.80 Å². The molecule has 0 atom stereocenters. The molecule has 0 aliphatic heterocycles. The third kappa shape index (κ3) is 4.79. The third-order valence-electron chi connectivity index (χ3n) is 11.8. The summed E-state index contributed by atoms with van der Waals surface area (Å²) in [5.74, 6) is 0.579. The van der Waals surface area contributed by atoms with Gasteiger partial charge in [0.25, 0.3) is 0 Å². The molecule has 9 aromatic carbocycles. The molecule has 0 N–H and O–H groups in total. The largest absolute Gasteiger partial charge is 0.309 e. The van der Waals surface area contributed by atoms with E-state index in [1.54, 1.807) is 12.1 Å². The summed E-state index contributed by atoms with van der Waals surface area (Å²) in [7, 11) is 0. The summed E-state index contributed by atoms with van der Waals surface area (Å²) in [6, 6.07) is 63.1. The highest BCUT2D eigenvalue weighted by atomic mass is 19.1. The molecular weight excluding hydrogens is 686 g/mol. The number of halogens is 1. The van der Waals surface area contributed by atoms with E-state index in [0.717, 1.165) is 66.7 Å². The van der Waals surface area contributed by atoms with Gasteiger partial charge in [-0.2, -0.15) is 0 Å². The van der Waals surface area contributed by atoms with Crippen LogP contribution in [-0.2, 0) is 5.41 Å². The molecule has 0 unspecified atom stereocenters. The first kappa shape index (κ1) is 32.4. The van der Waals surface area contributed by atoms with Crippen molar-refractivity contribution in [2.24, 2.45) is 0 Å². The molecule has 0 saturated carbocycles. The molecule has 1 aliphatic rings.